The lowest BCUT2D eigenvalue weighted by molar-refractivity contribution is -0.119. The molecule has 0 saturated carbocycles. The number of imidazole rings is 1. The number of hydrogen-bond donors (Lipinski definition) is 0. The molecule has 1 aromatic carbocycles. The standard InChI is InChI=1S/C14H18N2O3S/c1-2-20(18,19)9-5-6-12(17)10-16-11-15-13-7-3-4-8-14(13)16/h3-4,7-8,11H,2,5-6,9-10H2,1H3. The van der Waals surface area contributed by atoms with Gasteiger partial charge in [-0.05, 0) is 18.6 Å². The van der Waals surface area contributed by atoms with Crippen LogP contribution in [0.5, 0.6) is 0 Å². The maximum absolute atomic E-state index is 11.9. The summed E-state index contributed by atoms with van der Waals surface area (Å²) >= 11 is 0. The molecule has 0 unspecified atom stereocenters. The predicted molar refractivity (Wildman–Crippen MR) is 78.3 cm³/mol. The summed E-state index contributed by atoms with van der Waals surface area (Å²) in [4.78, 5) is 16.1. The largest absolute Gasteiger partial charge is 0.323 e. The third-order valence-corrected chi connectivity index (χ3v) is 5.02. The molecule has 2 rings (SSSR count). The first-order chi connectivity index (χ1) is 9.52. The summed E-state index contributed by atoms with van der Waals surface area (Å²) in [5.74, 6) is 0.243. The van der Waals surface area contributed by atoms with Crippen LogP contribution in [0, 0.1) is 0 Å². The summed E-state index contributed by atoms with van der Waals surface area (Å²) in [5.41, 5.74) is 1.77. The van der Waals surface area contributed by atoms with E-state index in [0.717, 1.165) is 11.0 Å². The first kappa shape index (κ1) is 14.7. The molecule has 0 radical (unpaired) electrons. The zero-order valence-electron chi connectivity index (χ0n) is 11.4. The van der Waals surface area contributed by atoms with E-state index in [9.17, 15) is 13.2 Å². The molecule has 0 aliphatic heterocycles. The van der Waals surface area contributed by atoms with E-state index >= 15 is 0 Å². The van der Waals surface area contributed by atoms with E-state index in [4.69, 9.17) is 0 Å². The summed E-state index contributed by atoms with van der Waals surface area (Å²) in [7, 11) is -2.98. The first-order valence-electron chi connectivity index (χ1n) is 6.64. The lowest BCUT2D eigenvalue weighted by atomic mass is 10.2. The van der Waals surface area contributed by atoms with Crippen molar-refractivity contribution in [1.82, 2.24) is 9.55 Å². The Balaban J connectivity index is 1.92. The average Bonchev–Trinajstić information content (AvgIpc) is 2.82. The van der Waals surface area contributed by atoms with Gasteiger partial charge >= 0.3 is 0 Å². The van der Waals surface area contributed by atoms with Crippen LogP contribution in [0.25, 0.3) is 11.0 Å². The van der Waals surface area contributed by atoms with Crippen LogP contribution in [-0.4, -0.2) is 35.3 Å². The van der Waals surface area contributed by atoms with Crippen LogP contribution in [0.15, 0.2) is 30.6 Å². The summed E-state index contributed by atoms with van der Waals surface area (Å²) in [5, 5.41) is 0. The summed E-state index contributed by atoms with van der Waals surface area (Å²) in [6, 6.07) is 7.61. The highest BCUT2D eigenvalue weighted by molar-refractivity contribution is 7.91. The van der Waals surface area contributed by atoms with E-state index in [2.05, 4.69) is 4.98 Å². The monoisotopic (exact) mass is 294 g/mol. The molecule has 0 saturated heterocycles. The molecule has 20 heavy (non-hydrogen) atoms. The first-order valence-corrected chi connectivity index (χ1v) is 8.46. The Morgan fingerprint density at radius 1 is 1.30 bits per heavy atom. The Morgan fingerprint density at radius 2 is 2.05 bits per heavy atom. The molecule has 0 spiro atoms. The lowest BCUT2D eigenvalue weighted by Crippen LogP contribution is -2.13. The normalized spacial score (nSPS) is 11.8. The Bertz CT molecular complexity index is 704. The van der Waals surface area contributed by atoms with Gasteiger partial charge in [0.25, 0.3) is 0 Å². The van der Waals surface area contributed by atoms with Gasteiger partial charge in [0.2, 0.25) is 0 Å². The van der Waals surface area contributed by atoms with Crippen LogP contribution in [0.1, 0.15) is 19.8 Å². The molecule has 108 valence electrons. The van der Waals surface area contributed by atoms with Crippen molar-refractivity contribution in [3.05, 3.63) is 30.6 Å². The number of para-hydroxylation sites is 2. The molecule has 1 heterocycles. The van der Waals surface area contributed by atoms with Crippen LogP contribution >= 0.6 is 0 Å². The number of aromatic nitrogens is 2. The Kier molecular flexibility index (Phi) is 4.54. The molecule has 6 heteroatoms. The maximum atomic E-state index is 11.9. The second kappa shape index (κ2) is 6.17. The zero-order chi connectivity index (χ0) is 14.6. The van der Waals surface area contributed by atoms with E-state index in [1.54, 1.807) is 17.8 Å². The third kappa shape index (κ3) is 3.66. The SMILES string of the molecule is CCS(=O)(=O)CCCC(=O)Cn1cnc2ccccc21. The van der Waals surface area contributed by atoms with Crippen LogP contribution in [0.2, 0.25) is 0 Å². The molecule has 1 aromatic heterocycles. The van der Waals surface area contributed by atoms with Gasteiger partial charge in [-0.25, -0.2) is 13.4 Å². The second-order valence-electron chi connectivity index (χ2n) is 4.74. The molecular weight excluding hydrogens is 276 g/mol. The molecular formula is C14H18N2O3S. The quantitative estimate of drug-likeness (QED) is 0.781. The molecule has 0 amide bonds. The minimum atomic E-state index is -2.98. The number of benzene rings is 1. The Morgan fingerprint density at radius 3 is 2.80 bits per heavy atom. The van der Waals surface area contributed by atoms with E-state index in [-0.39, 0.29) is 30.3 Å². The summed E-state index contributed by atoms with van der Waals surface area (Å²) in [6.07, 6.45) is 2.32. The van der Waals surface area contributed by atoms with Crippen LogP contribution in [0.3, 0.4) is 0 Å². The van der Waals surface area contributed by atoms with Crippen molar-refractivity contribution >= 4 is 26.7 Å². The van der Waals surface area contributed by atoms with Gasteiger partial charge in [0.1, 0.15) is 9.84 Å². The van der Waals surface area contributed by atoms with Gasteiger partial charge in [0.05, 0.1) is 29.7 Å². The van der Waals surface area contributed by atoms with Gasteiger partial charge in [0.15, 0.2) is 5.78 Å². The Hall–Kier alpha value is -1.69. The highest BCUT2D eigenvalue weighted by Crippen LogP contribution is 2.12. The number of sulfone groups is 1. The topological polar surface area (TPSA) is 69.0 Å². The summed E-state index contributed by atoms with van der Waals surface area (Å²) < 4.78 is 24.5. The third-order valence-electron chi connectivity index (χ3n) is 3.22. The van der Waals surface area contributed by atoms with Gasteiger partial charge in [-0.15, -0.1) is 0 Å². The number of Topliss-reactive ketones (excluding diaryl/α,β-unsaturated/α-hetero) is 1. The number of carbonyl (C=O) groups is 1. The number of rotatable bonds is 7. The van der Waals surface area contributed by atoms with Crippen LogP contribution < -0.4 is 0 Å². The highest BCUT2D eigenvalue weighted by atomic mass is 32.2. The number of nitrogens with zero attached hydrogens (tertiary/aromatic N) is 2. The van der Waals surface area contributed by atoms with E-state index in [1.807, 2.05) is 24.3 Å². The van der Waals surface area contributed by atoms with E-state index in [1.165, 1.54) is 0 Å². The lowest BCUT2D eigenvalue weighted by Gasteiger charge is -2.04. The number of hydrogen-bond acceptors (Lipinski definition) is 4. The fourth-order valence-corrected chi connectivity index (χ4v) is 2.91. The average molecular weight is 294 g/mol. The van der Waals surface area contributed by atoms with Crippen molar-refractivity contribution < 1.29 is 13.2 Å². The fraction of sp³-hybridized carbons (Fsp3) is 0.429. The van der Waals surface area contributed by atoms with Gasteiger partial charge in [-0.2, -0.15) is 0 Å². The minimum Gasteiger partial charge on any atom is -0.323 e. The van der Waals surface area contributed by atoms with Gasteiger partial charge in [-0.1, -0.05) is 19.1 Å². The van der Waals surface area contributed by atoms with Crippen LogP contribution in [0.4, 0.5) is 0 Å². The second-order valence-corrected chi connectivity index (χ2v) is 7.21. The van der Waals surface area contributed by atoms with Crippen molar-refractivity contribution in [2.24, 2.45) is 0 Å². The molecule has 0 N–H and O–H groups in total. The molecule has 0 atom stereocenters. The zero-order valence-corrected chi connectivity index (χ0v) is 12.3. The van der Waals surface area contributed by atoms with Crippen LogP contribution in [-0.2, 0) is 21.2 Å². The van der Waals surface area contributed by atoms with Crippen molar-refractivity contribution in [2.75, 3.05) is 11.5 Å². The number of fused-ring (bicyclic) bond motifs is 1. The van der Waals surface area contributed by atoms with E-state index < -0.39 is 9.84 Å². The summed E-state index contributed by atoms with van der Waals surface area (Å²) in [6.45, 7) is 1.86. The highest BCUT2D eigenvalue weighted by Gasteiger charge is 2.10. The molecule has 0 aliphatic carbocycles. The van der Waals surface area contributed by atoms with Crippen molar-refractivity contribution in [1.29, 1.82) is 0 Å². The van der Waals surface area contributed by atoms with Gasteiger partial charge < -0.3 is 4.57 Å². The Labute approximate surface area is 118 Å². The van der Waals surface area contributed by atoms with E-state index in [0.29, 0.717) is 6.42 Å². The smallest absolute Gasteiger partial charge is 0.152 e. The molecule has 0 bridgehead atoms. The molecule has 2 aromatic rings. The van der Waals surface area contributed by atoms with Crippen molar-refractivity contribution in [3.8, 4) is 0 Å². The predicted octanol–water partition coefficient (Wildman–Crippen LogP) is 1.82. The minimum absolute atomic E-state index is 0.0273. The van der Waals surface area contributed by atoms with Crippen molar-refractivity contribution in [2.45, 2.75) is 26.3 Å². The molecule has 0 aliphatic rings. The molecule has 5 nitrogen and oxygen atoms in total. The fourth-order valence-electron chi connectivity index (χ4n) is 2.04. The molecule has 0 fully saturated rings. The maximum Gasteiger partial charge on any atom is 0.152 e. The van der Waals surface area contributed by atoms with Crippen molar-refractivity contribution in [3.63, 3.8) is 0 Å². The number of carbonyl (C=O) groups excluding carboxylic acids is 1. The van der Waals surface area contributed by atoms with Gasteiger partial charge in [0, 0.05) is 12.2 Å². The van der Waals surface area contributed by atoms with Gasteiger partial charge in [-0.3, -0.25) is 4.79 Å². The number of ketones is 1.